The van der Waals surface area contributed by atoms with Crippen molar-refractivity contribution < 1.29 is 0 Å². The Morgan fingerprint density at radius 1 is 1.00 bits per heavy atom. The van der Waals surface area contributed by atoms with E-state index in [0.717, 1.165) is 22.3 Å². The summed E-state index contributed by atoms with van der Waals surface area (Å²) in [6.07, 6.45) is 1.58. The fraction of sp³-hybridized carbons (Fsp3) is 0. The van der Waals surface area contributed by atoms with E-state index in [9.17, 15) is 0 Å². The lowest BCUT2D eigenvalue weighted by atomic mass is 10.0. The molecule has 0 saturated carbocycles. The minimum atomic E-state index is 0.934. The minimum absolute atomic E-state index is 0.934. The lowest BCUT2D eigenvalue weighted by molar-refractivity contribution is 0.789. The van der Waals surface area contributed by atoms with Crippen molar-refractivity contribution in [2.24, 2.45) is 0 Å². The molecule has 0 saturated heterocycles. The van der Waals surface area contributed by atoms with Crippen molar-refractivity contribution in [1.82, 2.24) is 25.2 Å². The summed E-state index contributed by atoms with van der Waals surface area (Å²) in [5.41, 5.74) is 6.14. The molecule has 0 spiro atoms. The third kappa shape index (κ3) is 1.78. The van der Waals surface area contributed by atoms with Crippen molar-refractivity contribution in [1.29, 1.82) is 0 Å². The Morgan fingerprint density at radius 3 is 2.70 bits per heavy atom. The summed E-state index contributed by atoms with van der Waals surface area (Å²) in [5, 5.41) is 11.1. The van der Waals surface area contributed by atoms with Crippen molar-refractivity contribution >= 4 is 21.6 Å². The Kier molecular flexibility index (Phi) is 2.53. The van der Waals surface area contributed by atoms with Gasteiger partial charge in [0.25, 0.3) is 0 Å². The van der Waals surface area contributed by atoms with Crippen molar-refractivity contribution in [3.05, 3.63) is 54.3 Å². The molecule has 0 aliphatic rings. The number of para-hydroxylation sites is 1. The van der Waals surface area contributed by atoms with Gasteiger partial charge in [-0.05, 0) is 34.2 Å². The molecule has 4 rings (SSSR count). The SMILES string of the molecule is c1cc(-c2ccc(-n3cnnn3)cc2)c2ncsc2c1. The van der Waals surface area contributed by atoms with Crippen LogP contribution >= 0.6 is 11.3 Å². The van der Waals surface area contributed by atoms with E-state index in [1.54, 1.807) is 22.3 Å². The van der Waals surface area contributed by atoms with Crippen molar-refractivity contribution in [3.63, 3.8) is 0 Å². The Bertz CT molecular complexity index is 849. The van der Waals surface area contributed by atoms with Gasteiger partial charge in [0.2, 0.25) is 0 Å². The molecule has 20 heavy (non-hydrogen) atoms. The summed E-state index contributed by atoms with van der Waals surface area (Å²) in [4.78, 5) is 4.45. The first kappa shape index (κ1) is 11.2. The average molecular weight is 279 g/mol. The maximum absolute atomic E-state index is 4.45. The zero-order chi connectivity index (χ0) is 13.4. The maximum Gasteiger partial charge on any atom is 0.143 e. The van der Waals surface area contributed by atoms with Crippen LogP contribution in [0.2, 0.25) is 0 Å². The first-order valence-corrected chi connectivity index (χ1v) is 6.96. The lowest BCUT2D eigenvalue weighted by Crippen LogP contribution is -1.94. The van der Waals surface area contributed by atoms with Gasteiger partial charge in [0.05, 0.1) is 21.4 Å². The van der Waals surface area contributed by atoms with Gasteiger partial charge in [-0.15, -0.1) is 16.4 Å². The molecular formula is C14H9N5S. The van der Waals surface area contributed by atoms with Gasteiger partial charge >= 0.3 is 0 Å². The van der Waals surface area contributed by atoms with Crippen LogP contribution in [0.15, 0.2) is 54.3 Å². The molecule has 2 aromatic carbocycles. The summed E-state index contributed by atoms with van der Waals surface area (Å²) < 4.78 is 2.83. The van der Waals surface area contributed by atoms with E-state index < -0.39 is 0 Å². The number of benzene rings is 2. The van der Waals surface area contributed by atoms with Crippen LogP contribution in [0.5, 0.6) is 0 Å². The van der Waals surface area contributed by atoms with Crippen LogP contribution in [0.25, 0.3) is 27.0 Å². The first-order chi connectivity index (χ1) is 9.92. The first-order valence-electron chi connectivity index (χ1n) is 6.08. The highest BCUT2D eigenvalue weighted by atomic mass is 32.1. The Hall–Kier alpha value is -2.60. The standard InChI is InChI=1S/C14H9N5S/c1-2-12(14-13(3-1)20-9-15-14)10-4-6-11(7-5-10)19-8-16-17-18-19/h1-9H. The van der Waals surface area contributed by atoms with E-state index in [1.165, 1.54) is 4.70 Å². The van der Waals surface area contributed by atoms with Crippen LogP contribution in [0.3, 0.4) is 0 Å². The zero-order valence-corrected chi connectivity index (χ0v) is 11.2. The molecule has 0 amide bonds. The predicted octanol–water partition coefficient (Wildman–Crippen LogP) is 2.94. The molecule has 0 atom stereocenters. The molecule has 0 bridgehead atoms. The highest BCUT2D eigenvalue weighted by molar-refractivity contribution is 7.16. The number of fused-ring (bicyclic) bond motifs is 1. The Balaban J connectivity index is 1.81. The third-order valence-electron chi connectivity index (χ3n) is 3.15. The average Bonchev–Trinajstić information content (AvgIpc) is 3.18. The van der Waals surface area contributed by atoms with Crippen LogP contribution in [0, 0.1) is 0 Å². The molecule has 2 aromatic heterocycles. The van der Waals surface area contributed by atoms with Crippen molar-refractivity contribution in [2.45, 2.75) is 0 Å². The number of hydrogen-bond acceptors (Lipinski definition) is 5. The molecule has 0 unspecified atom stereocenters. The summed E-state index contributed by atoms with van der Waals surface area (Å²) in [6.45, 7) is 0. The number of tetrazole rings is 1. The van der Waals surface area contributed by atoms with Crippen LogP contribution in [-0.2, 0) is 0 Å². The topological polar surface area (TPSA) is 56.5 Å². The molecule has 5 nitrogen and oxygen atoms in total. The molecule has 2 heterocycles. The normalized spacial score (nSPS) is 11.0. The van der Waals surface area contributed by atoms with Crippen molar-refractivity contribution in [2.75, 3.05) is 0 Å². The molecule has 0 radical (unpaired) electrons. The molecule has 0 aliphatic carbocycles. The van der Waals surface area contributed by atoms with Gasteiger partial charge in [0, 0.05) is 5.56 Å². The number of rotatable bonds is 2. The number of thiazole rings is 1. The molecular weight excluding hydrogens is 270 g/mol. The van der Waals surface area contributed by atoms with Crippen LogP contribution < -0.4 is 0 Å². The van der Waals surface area contributed by atoms with Gasteiger partial charge in [0.15, 0.2) is 0 Å². The highest BCUT2D eigenvalue weighted by Crippen LogP contribution is 2.29. The van der Waals surface area contributed by atoms with E-state index in [0.29, 0.717) is 0 Å². The zero-order valence-electron chi connectivity index (χ0n) is 10.3. The predicted molar refractivity (Wildman–Crippen MR) is 77.8 cm³/mol. The van der Waals surface area contributed by atoms with E-state index >= 15 is 0 Å². The van der Waals surface area contributed by atoms with E-state index in [1.807, 2.05) is 17.6 Å². The van der Waals surface area contributed by atoms with Crippen LogP contribution in [-0.4, -0.2) is 25.2 Å². The molecule has 0 fully saturated rings. The summed E-state index contributed by atoms with van der Waals surface area (Å²) in [5.74, 6) is 0. The maximum atomic E-state index is 4.45. The molecule has 0 N–H and O–H groups in total. The summed E-state index contributed by atoms with van der Waals surface area (Å²) >= 11 is 1.66. The second kappa shape index (κ2) is 4.50. The summed E-state index contributed by atoms with van der Waals surface area (Å²) in [6, 6.07) is 14.4. The van der Waals surface area contributed by atoms with E-state index in [4.69, 9.17) is 0 Å². The Labute approximate surface area is 118 Å². The van der Waals surface area contributed by atoms with Gasteiger partial charge in [-0.2, -0.15) is 0 Å². The fourth-order valence-electron chi connectivity index (χ4n) is 2.19. The van der Waals surface area contributed by atoms with Gasteiger partial charge in [-0.1, -0.05) is 24.3 Å². The minimum Gasteiger partial charge on any atom is -0.244 e. The second-order valence-corrected chi connectivity index (χ2v) is 5.19. The molecule has 6 heteroatoms. The number of aromatic nitrogens is 5. The highest BCUT2D eigenvalue weighted by Gasteiger charge is 2.06. The van der Waals surface area contributed by atoms with Crippen molar-refractivity contribution in [3.8, 4) is 16.8 Å². The lowest BCUT2D eigenvalue weighted by Gasteiger charge is -2.04. The van der Waals surface area contributed by atoms with E-state index in [-0.39, 0.29) is 0 Å². The monoisotopic (exact) mass is 279 g/mol. The van der Waals surface area contributed by atoms with E-state index in [2.05, 4.69) is 50.8 Å². The second-order valence-electron chi connectivity index (χ2n) is 4.31. The van der Waals surface area contributed by atoms with Crippen LogP contribution in [0.4, 0.5) is 0 Å². The number of nitrogens with zero attached hydrogens (tertiary/aromatic N) is 5. The largest absolute Gasteiger partial charge is 0.244 e. The quantitative estimate of drug-likeness (QED) is 0.566. The van der Waals surface area contributed by atoms with Gasteiger partial charge in [-0.3, -0.25) is 0 Å². The van der Waals surface area contributed by atoms with Gasteiger partial charge < -0.3 is 0 Å². The molecule has 4 aromatic rings. The van der Waals surface area contributed by atoms with Gasteiger partial charge in [-0.25, -0.2) is 9.67 Å². The Morgan fingerprint density at radius 2 is 1.90 bits per heavy atom. The summed E-state index contributed by atoms with van der Waals surface area (Å²) in [7, 11) is 0. The fourth-order valence-corrected chi connectivity index (χ4v) is 2.90. The van der Waals surface area contributed by atoms with Gasteiger partial charge in [0.1, 0.15) is 6.33 Å². The van der Waals surface area contributed by atoms with Crippen LogP contribution in [0.1, 0.15) is 0 Å². The smallest absolute Gasteiger partial charge is 0.143 e. The third-order valence-corrected chi connectivity index (χ3v) is 3.95. The molecule has 96 valence electrons. The number of hydrogen-bond donors (Lipinski definition) is 0. The molecule has 0 aliphatic heterocycles.